The molecule has 174 valence electrons. The van der Waals surface area contributed by atoms with Gasteiger partial charge in [0.1, 0.15) is 5.82 Å². The number of amides is 1. The summed E-state index contributed by atoms with van der Waals surface area (Å²) in [6, 6.07) is 9.96. The largest absolute Gasteiger partial charge is 0.493 e. The summed E-state index contributed by atoms with van der Waals surface area (Å²) in [7, 11) is -1.04. The smallest absolute Gasteiger partial charge is 0.243 e. The summed E-state index contributed by atoms with van der Waals surface area (Å²) in [5, 5.41) is 2.74. The molecule has 0 radical (unpaired) electrons. The van der Waals surface area contributed by atoms with Crippen LogP contribution in [-0.2, 0) is 21.4 Å². The zero-order chi connectivity index (χ0) is 23.1. The summed E-state index contributed by atoms with van der Waals surface area (Å²) in [6.07, 6.45) is 4.30. The van der Waals surface area contributed by atoms with Gasteiger partial charge in [-0.2, -0.15) is 4.31 Å². The van der Waals surface area contributed by atoms with Crippen LogP contribution in [-0.4, -0.2) is 45.4 Å². The summed E-state index contributed by atoms with van der Waals surface area (Å²) in [5.41, 5.74) is 0.728. The Labute approximate surface area is 188 Å². The van der Waals surface area contributed by atoms with Crippen molar-refractivity contribution < 1.29 is 27.1 Å². The van der Waals surface area contributed by atoms with Gasteiger partial charge in [0.2, 0.25) is 15.9 Å². The number of methoxy groups -OCH3 is 2. The van der Waals surface area contributed by atoms with Gasteiger partial charge in [-0.05, 0) is 42.7 Å². The molecule has 1 N–H and O–H groups in total. The van der Waals surface area contributed by atoms with Crippen molar-refractivity contribution in [3.63, 3.8) is 0 Å². The van der Waals surface area contributed by atoms with Crippen LogP contribution in [0.3, 0.4) is 0 Å². The van der Waals surface area contributed by atoms with E-state index in [4.69, 9.17) is 9.47 Å². The molecule has 0 unspecified atom stereocenters. The van der Waals surface area contributed by atoms with E-state index in [1.807, 2.05) is 0 Å². The van der Waals surface area contributed by atoms with Crippen LogP contribution >= 0.6 is 0 Å². The molecule has 3 rings (SSSR count). The van der Waals surface area contributed by atoms with Gasteiger partial charge in [0.15, 0.2) is 11.5 Å². The maximum atomic E-state index is 13.6. The molecule has 1 fully saturated rings. The van der Waals surface area contributed by atoms with E-state index in [9.17, 15) is 17.6 Å². The van der Waals surface area contributed by atoms with Crippen LogP contribution in [0.15, 0.2) is 47.4 Å². The van der Waals surface area contributed by atoms with E-state index >= 15 is 0 Å². The molecule has 0 atom stereocenters. The molecule has 0 bridgehead atoms. The number of halogens is 1. The second kappa shape index (κ2) is 10.8. The van der Waals surface area contributed by atoms with Gasteiger partial charge in [0.05, 0.1) is 25.7 Å². The number of ether oxygens (including phenoxy) is 2. The fraction of sp³-hybridized carbons (Fsp3) is 0.435. The highest BCUT2D eigenvalue weighted by Crippen LogP contribution is 2.33. The van der Waals surface area contributed by atoms with Crippen LogP contribution in [0.4, 0.5) is 4.39 Å². The first-order valence-corrected chi connectivity index (χ1v) is 12.0. The van der Waals surface area contributed by atoms with E-state index in [-0.39, 0.29) is 29.8 Å². The monoisotopic (exact) mass is 464 g/mol. The highest BCUT2D eigenvalue weighted by molar-refractivity contribution is 7.89. The fourth-order valence-corrected chi connectivity index (χ4v) is 5.55. The number of hydrogen-bond donors (Lipinski definition) is 1. The van der Waals surface area contributed by atoms with Crippen LogP contribution in [0.25, 0.3) is 0 Å². The Bertz CT molecular complexity index is 1020. The molecule has 2 aromatic rings. The normalized spacial score (nSPS) is 14.9. The molecule has 9 heteroatoms. The van der Waals surface area contributed by atoms with E-state index in [2.05, 4.69) is 5.32 Å². The van der Waals surface area contributed by atoms with Gasteiger partial charge in [-0.15, -0.1) is 0 Å². The standard InChI is InChI=1S/C23H29FN2O5S/c1-30-21-13-12-20(14-22(21)31-2)32(28,29)26(19-6-4-3-5-7-19)16-23(27)25-15-17-8-10-18(24)11-9-17/h8-14,19H,3-7,15-16H2,1-2H3,(H,25,27). The molecule has 1 saturated carbocycles. The lowest BCUT2D eigenvalue weighted by molar-refractivity contribution is -0.121. The lowest BCUT2D eigenvalue weighted by Crippen LogP contribution is -2.46. The van der Waals surface area contributed by atoms with Crippen molar-refractivity contribution in [1.29, 1.82) is 0 Å². The van der Waals surface area contributed by atoms with E-state index in [0.29, 0.717) is 24.3 Å². The first-order valence-electron chi connectivity index (χ1n) is 10.6. The van der Waals surface area contributed by atoms with Crippen LogP contribution in [0.1, 0.15) is 37.7 Å². The number of sulfonamides is 1. The maximum Gasteiger partial charge on any atom is 0.243 e. The molecular weight excluding hydrogens is 435 g/mol. The minimum Gasteiger partial charge on any atom is -0.493 e. The predicted molar refractivity (Wildman–Crippen MR) is 119 cm³/mol. The second-order valence-corrected chi connectivity index (χ2v) is 9.65. The van der Waals surface area contributed by atoms with Gasteiger partial charge < -0.3 is 14.8 Å². The third kappa shape index (κ3) is 5.77. The maximum absolute atomic E-state index is 13.6. The molecule has 0 aliphatic heterocycles. The van der Waals surface area contributed by atoms with Crippen molar-refractivity contribution in [2.45, 2.75) is 49.6 Å². The SMILES string of the molecule is COc1ccc(S(=O)(=O)N(CC(=O)NCc2ccc(F)cc2)C2CCCCC2)cc1OC. The average Bonchev–Trinajstić information content (AvgIpc) is 2.82. The fourth-order valence-electron chi connectivity index (χ4n) is 3.89. The van der Waals surface area contributed by atoms with Gasteiger partial charge >= 0.3 is 0 Å². The minimum absolute atomic E-state index is 0.0482. The molecule has 1 aliphatic rings. The van der Waals surface area contributed by atoms with Gasteiger partial charge in [-0.1, -0.05) is 31.4 Å². The van der Waals surface area contributed by atoms with E-state index < -0.39 is 15.9 Å². The van der Waals surface area contributed by atoms with Gasteiger partial charge in [0.25, 0.3) is 0 Å². The summed E-state index contributed by atoms with van der Waals surface area (Å²) in [4.78, 5) is 12.8. The highest BCUT2D eigenvalue weighted by atomic mass is 32.2. The van der Waals surface area contributed by atoms with Crippen molar-refractivity contribution in [3.05, 3.63) is 53.8 Å². The van der Waals surface area contributed by atoms with Crippen molar-refractivity contribution >= 4 is 15.9 Å². The average molecular weight is 465 g/mol. The number of benzene rings is 2. The number of carbonyl (C=O) groups is 1. The molecule has 0 aromatic heterocycles. The summed E-state index contributed by atoms with van der Waals surface area (Å²) >= 11 is 0. The highest BCUT2D eigenvalue weighted by Gasteiger charge is 2.34. The first kappa shape index (κ1) is 24.0. The second-order valence-electron chi connectivity index (χ2n) is 7.76. The number of nitrogens with one attached hydrogen (secondary N) is 1. The Morgan fingerprint density at radius 3 is 2.31 bits per heavy atom. The molecule has 0 spiro atoms. The molecule has 7 nitrogen and oxygen atoms in total. The predicted octanol–water partition coefficient (Wildman–Crippen LogP) is 3.48. The lowest BCUT2D eigenvalue weighted by Gasteiger charge is -2.33. The Hall–Kier alpha value is -2.65. The third-order valence-corrected chi connectivity index (χ3v) is 7.54. The van der Waals surface area contributed by atoms with Crippen LogP contribution in [0, 0.1) is 5.82 Å². The minimum atomic E-state index is -3.95. The lowest BCUT2D eigenvalue weighted by atomic mass is 9.95. The Morgan fingerprint density at radius 2 is 1.69 bits per heavy atom. The quantitative estimate of drug-likeness (QED) is 0.614. The molecule has 2 aromatic carbocycles. The van der Waals surface area contributed by atoms with Crippen molar-refractivity contribution in [1.82, 2.24) is 9.62 Å². The van der Waals surface area contributed by atoms with Gasteiger partial charge in [-0.25, -0.2) is 12.8 Å². The number of nitrogens with zero attached hydrogens (tertiary/aromatic N) is 1. The molecule has 1 amide bonds. The zero-order valence-corrected chi connectivity index (χ0v) is 19.2. The Balaban J connectivity index is 1.81. The van der Waals surface area contributed by atoms with Crippen molar-refractivity contribution in [2.75, 3.05) is 20.8 Å². The van der Waals surface area contributed by atoms with Crippen molar-refractivity contribution in [3.8, 4) is 11.5 Å². The van der Waals surface area contributed by atoms with Gasteiger partial charge in [0, 0.05) is 18.7 Å². The van der Waals surface area contributed by atoms with Crippen LogP contribution < -0.4 is 14.8 Å². The van der Waals surface area contributed by atoms with E-state index in [0.717, 1.165) is 24.8 Å². The van der Waals surface area contributed by atoms with E-state index in [1.54, 1.807) is 18.2 Å². The zero-order valence-electron chi connectivity index (χ0n) is 18.3. The van der Waals surface area contributed by atoms with Crippen LogP contribution in [0.2, 0.25) is 0 Å². The number of rotatable bonds is 9. The first-order chi connectivity index (χ1) is 15.3. The molecule has 32 heavy (non-hydrogen) atoms. The Morgan fingerprint density at radius 1 is 1.03 bits per heavy atom. The molecule has 0 saturated heterocycles. The third-order valence-electron chi connectivity index (χ3n) is 5.65. The summed E-state index contributed by atoms with van der Waals surface area (Å²) in [6.45, 7) is -0.101. The number of carbonyl (C=O) groups excluding carboxylic acids is 1. The summed E-state index contributed by atoms with van der Waals surface area (Å²) < 4.78 is 52.0. The molecule has 0 heterocycles. The van der Waals surface area contributed by atoms with Gasteiger partial charge in [-0.3, -0.25) is 4.79 Å². The summed E-state index contributed by atoms with van der Waals surface area (Å²) in [5.74, 6) is -0.0425. The number of hydrogen-bond acceptors (Lipinski definition) is 5. The van der Waals surface area contributed by atoms with Crippen molar-refractivity contribution in [2.24, 2.45) is 0 Å². The van der Waals surface area contributed by atoms with Crippen LogP contribution in [0.5, 0.6) is 11.5 Å². The molecular formula is C23H29FN2O5S. The Kier molecular flexibility index (Phi) is 8.09. The molecule has 1 aliphatic carbocycles. The van der Waals surface area contributed by atoms with E-state index in [1.165, 1.54) is 42.8 Å². The topological polar surface area (TPSA) is 84.9 Å².